The Balaban J connectivity index is 1.08. The van der Waals surface area contributed by atoms with Gasteiger partial charge < -0.3 is 20.1 Å². The van der Waals surface area contributed by atoms with Crippen molar-refractivity contribution in [1.82, 2.24) is 4.98 Å². The Morgan fingerprint density at radius 2 is 1.88 bits per heavy atom. The zero-order valence-electron chi connectivity index (χ0n) is 24.3. The van der Waals surface area contributed by atoms with Gasteiger partial charge in [0.15, 0.2) is 0 Å². The van der Waals surface area contributed by atoms with E-state index in [-0.39, 0.29) is 41.0 Å². The molecule has 0 amide bonds. The van der Waals surface area contributed by atoms with Gasteiger partial charge in [0.05, 0.1) is 36.0 Å². The van der Waals surface area contributed by atoms with Gasteiger partial charge in [0.1, 0.15) is 0 Å². The number of aliphatic hydroxyl groups excluding tert-OH is 3. The van der Waals surface area contributed by atoms with Crippen LogP contribution in [0.1, 0.15) is 88.9 Å². The highest BCUT2D eigenvalue weighted by atomic mass is 16.5. The minimum absolute atomic E-state index is 0.0968. The van der Waals surface area contributed by atoms with Crippen LogP contribution in [0.3, 0.4) is 0 Å². The molecule has 0 unspecified atom stereocenters. The molecule has 1 heterocycles. The van der Waals surface area contributed by atoms with E-state index in [9.17, 15) is 20.1 Å². The Kier molecular flexibility index (Phi) is 7.50. The largest absolute Gasteiger partial charge is 0.462 e. The van der Waals surface area contributed by atoms with Crippen LogP contribution in [-0.4, -0.2) is 51.2 Å². The molecule has 0 bridgehead atoms. The maximum atomic E-state index is 12.6. The number of pyridine rings is 1. The van der Waals surface area contributed by atoms with Crippen LogP contribution in [0.15, 0.2) is 36.5 Å². The van der Waals surface area contributed by atoms with E-state index in [4.69, 9.17) is 4.74 Å². The lowest BCUT2D eigenvalue weighted by atomic mass is 9.43. The molecule has 1 aromatic carbocycles. The summed E-state index contributed by atoms with van der Waals surface area (Å²) in [7, 11) is 0. The Labute approximate surface area is 238 Å². The van der Waals surface area contributed by atoms with Crippen LogP contribution in [0.5, 0.6) is 0 Å². The summed E-state index contributed by atoms with van der Waals surface area (Å²) in [6, 6.07) is 9.58. The minimum atomic E-state index is -0.374. The fraction of sp³-hybridized carbons (Fsp3) is 0.706. The van der Waals surface area contributed by atoms with Crippen molar-refractivity contribution in [2.75, 3.05) is 6.61 Å². The van der Waals surface area contributed by atoms with E-state index >= 15 is 0 Å². The average Bonchev–Trinajstić information content (AvgIpc) is 3.30. The maximum absolute atomic E-state index is 12.6. The van der Waals surface area contributed by atoms with Gasteiger partial charge in [-0.2, -0.15) is 0 Å². The van der Waals surface area contributed by atoms with Gasteiger partial charge in [-0.1, -0.05) is 39.0 Å². The SMILES string of the molecule is C[C@H](CCCOC(=O)c1cnc2ccccc2c1)[C@H]1CC[C@H]2[C@@H]3[C@H](O)C[C@@H]4C[C@H](O)CC[C@]4(C)[C@H]3C[C@H](O)[C@]12C. The molecule has 2 aromatic rings. The lowest BCUT2D eigenvalue weighted by molar-refractivity contribution is -0.207. The normalized spacial score (nSPS) is 41.5. The van der Waals surface area contributed by atoms with E-state index in [1.165, 1.54) is 0 Å². The predicted molar refractivity (Wildman–Crippen MR) is 154 cm³/mol. The van der Waals surface area contributed by atoms with Gasteiger partial charge in [0, 0.05) is 11.6 Å². The van der Waals surface area contributed by atoms with E-state index < -0.39 is 0 Å². The van der Waals surface area contributed by atoms with E-state index in [1.807, 2.05) is 30.3 Å². The molecule has 6 nitrogen and oxygen atoms in total. The topological polar surface area (TPSA) is 99.9 Å². The zero-order chi connectivity index (χ0) is 28.2. The minimum Gasteiger partial charge on any atom is -0.462 e. The number of carbonyl (C=O) groups excluding carboxylic acids is 1. The molecule has 4 fully saturated rings. The Morgan fingerprint density at radius 1 is 1.07 bits per heavy atom. The Morgan fingerprint density at radius 3 is 2.70 bits per heavy atom. The number of hydrogen-bond acceptors (Lipinski definition) is 6. The summed E-state index contributed by atoms with van der Waals surface area (Å²) in [6.07, 6.45) is 8.67. The number of carbonyl (C=O) groups is 1. The molecule has 0 saturated heterocycles. The molecule has 4 aliphatic carbocycles. The first-order chi connectivity index (χ1) is 19.1. The summed E-state index contributed by atoms with van der Waals surface area (Å²) >= 11 is 0. The summed E-state index contributed by atoms with van der Waals surface area (Å²) in [4.78, 5) is 17.0. The summed E-state index contributed by atoms with van der Waals surface area (Å²) in [5.41, 5.74) is 1.23. The Bertz CT molecular complexity index is 1230. The molecule has 6 heteroatoms. The number of hydrogen-bond donors (Lipinski definition) is 3. The number of esters is 1. The van der Waals surface area contributed by atoms with Crippen molar-refractivity contribution in [3.05, 3.63) is 42.1 Å². The van der Waals surface area contributed by atoms with E-state index in [0.29, 0.717) is 41.8 Å². The summed E-state index contributed by atoms with van der Waals surface area (Å²) in [5.74, 6) is 1.68. The number of fused-ring (bicyclic) bond motifs is 6. The third kappa shape index (κ3) is 4.59. The monoisotopic (exact) mass is 549 g/mol. The third-order valence-electron chi connectivity index (χ3n) is 12.4. The van der Waals surface area contributed by atoms with Gasteiger partial charge in [-0.15, -0.1) is 0 Å². The van der Waals surface area contributed by atoms with Gasteiger partial charge in [-0.3, -0.25) is 4.98 Å². The van der Waals surface area contributed by atoms with Crippen molar-refractivity contribution in [3.63, 3.8) is 0 Å². The number of ether oxygens (including phenoxy) is 1. The molecule has 1 aromatic heterocycles. The van der Waals surface area contributed by atoms with Crippen LogP contribution >= 0.6 is 0 Å². The lowest BCUT2D eigenvalue weighted by Crippen LogP contribution is -2.62. The first-order valence-electron chi connectivity index (χ1n) is 15.7. The van der Waals surface area contributed by atoms with Crippen molar-refractivity contribution < 1.29 is 24.9 Å². The quantitative estimate of drug-likeness (QED) is 0.313. The first kappa shape index (κ1) is 28.1. The summed E-state index contributed by atoms with van der Waals surface area (Å²) < 4.78 is 5.62. The second-order valence-corrected chi connectivity index (χ2v) is 14.2. The van der Waals surface area contributed by atoms with Crippen LogP contribution in [0, 0.1) is 46.3 Å². The molecule has 0 spiro atoms. The standard InChI is InChI=1S/C34H47NO5/c1-20(7-6-14-40-32(39)22-15-21-8-4-5-9-28(21)35-19-22)25-10-11-26-31-27(18-30(38)34(25,26)3)33(2)13-12-24(36)16-23(33)17-29(31)37/h4-5,8-9,15,19-20,23-27,29-31,36-38H,6-7,10-14,16-18H2,1-3H3/t20-,23+,24-,25-,26+,27+,29-,30+,31+,33+,34-/m1/s1. The number of aromatic nitrogens is 1. The van der Waals surface area contributed by atoms with E-state index in [0.717, 1.165) is 68.7 Å². The van der Waals surface area contributed by atoms with Crippen LogP contribution in [0.4, 0.5) is 0 Å². The predicted octanol–water partition coefficient (Wildman–Crippen LogP) is 5.77. The molecule has 6 rings (SSSR count). The molecular formula is C34H47NO5. The van der Waals surface area contributed by atoms with Crippen LogP contribution in [0.25, 0.3) is 10.9 Å². The smallest absolute Gasteiger partial charge is 0.339 e. The van der Waals surface area contributed by atoms with Crippen molar-refractivity contribution in [2.24, 2.45) is 46.3 Å². The van der Waals surface area contributed by atoms with Gasteiger partial charge in [-0.25, -0.2) is 4.79 Å². The molecule has 218 valence electrons. The molecule has 0 aliphatic heterocycles. The maximum Gasteiger partial charge on any atom is 0.339 e. The van der Waals surface area contributed by atoms with Crippen LogP contribution in [0.2, 0.25) is 0 Å². The van der Waals surface area contributed by atoms with Crippen molar-refractivity contribution in [1.29, 1.82) is 0 Å². The zero-order valence-corrected chi connectivity index (χ0v) is 24.3. The lowest BCUT2D eigenvalue weighted by Gasteiger charge is -2.63. The highest BCUT2D eigenvalue weighted by Gasteiger charge is 2.65. The molecule has 40 heavy (non-hydrogen) atoms. The van der Waals surface area contributed by atoms with E-state index in [1.54, 1.807) is 6.20 Å². The number of para-hydroxylation sites is 1. The number of benzene rings is 1. The van der Waals surface area contributed by atoms with Gasteiger partial charge in [0.25, 0.3) is 0 Å². The second kappa shape index (κ2) is 10.7. The number of aliphatic hydroxyl groups is 3. The van der Waals surface area contributed by atoms with Crippen LogP contribution < -0.4 is 0 Å². The average molecular weight is 550 g/mol. The molecule has 4 aliphatic rings. The number of nitrogens with zero attached hydrogens (tertiary/aromatic N) is 1. The summed E-state index contributed by atoms with van der Waals surface area (Å²) in [5, 5.41) is 34.5. The molecule has 3 N–H and O–H groups in total. The first-order valence-corrected chi connectivity index (χ1v) is 15.7. The third-order valence-corrected chi connectivity index (χ3v) is 12.4. The van der Waals surface area contributed by atoms with Crippen molar-refractivity contribution in [2.45, 2.75) is 96.9 Å². The molecule has 4 saturated carbocycles. The second-order valence-electron chi connectivity index (χ2n) is 14.2. The highest BCUT2D eigenvalue weighted by molar-refractivity contribution is 5.93. The summed E-state index contributed by atoms with van der Waals surface area (Å²) in [6.45, 7) is 7.35. The van der Waals surface area contributed by atoms with Crippen molar-refractivity contribution >= 4 is 16.9 Å². The van der Waals surface area contributed by atoms with Crippen LogP contribution in [-0.2, 0) is 4.74 Å². The van der Waals surface area contributed by atoms with Gasteiger partial charge >= 0.3 is 5.97 Å². The van der Waals surface area contributed by atoms with Gasteiger partial charge in [0.2, 0.25) is 0 Å². The molecular weight excluding hydrogens is 502 g/mol. The number of rotatable bonds is 6. The fourth-order valence-corrected chi connectivity index (χ4v) is 10.2. The molecule has 0 radical (unpaired) electrons. The highest BCUT2D eigenvalue weighted by Crippen LogP contribution is 2.68. The van der Waals surface area contributed by atoms with E-state index in [2.05, 4.69) is 25.8 Å². The molecule has 11 atom stereocenters. The fourth-order valence-electron chi connectivity index (χ4n) is 10.2. The van der Waals surface area contributed by atoms with Gasteiger partial charge in [-0.05, 0) is 116 Å². The Hall–Kier alpha value is -2.02. The van der Waals surface area contributed by atoms with Crippen molar-refractivity contribution in [3.8, 4) is 0 Å².